The maximum atomic E-state index is 5.70. The first-order chi connectivity index (χ1) is 10.2. The molecular formula is C17H26N4. The van der Waals surface area contributed by atoms with Crippen LogP contribution in [0.25, 0.3) is 0 Å². The minimum absolute atomic E-state index is 0.717. The predicted molar refractivity (Wildman–Crippen MR) is 88.5 cm³/mol. The van der Waals surface area contributed by atoms with E-state index >= 15 is 0 Å². The minimum atomic E-state index is 0.717. The molecule has 2 N–H and O–H groups in total. The highest BCUT2D eigenvalue weighted by Crippen LogP contribution is 2.22. The Hall–Kier alpha value is -1.81. The number of aromatic nitrogens is 2. The van der Waals surface area contributed by atoms with E-state index in [4.69, 9.17) is 5.73 Å². The highest BCUT2D eigenvalue weighted by atomic mass is 15.3. The molecule has 0 saturated carbocycles. The fraction of sp³-hybridized carbons (Fsp3) is 0.471. The third-order valence-electron chi connectivity index (χ3n) is 3.73. The van der Waals surface area contributed by atoms with Crippen LogP contribution >= 0.6 is 0 Å². The van der Waals surface area contributed by atoms with Crippen LogP contribution in [0.3, 0.4) is 0 Å². The van der Waals surface area contributed by atoms with E-state index < -0.39 is 0 Å². The maximum absolute atomic E-state index is 5.70. The van der Waals surface area contributed by atoms with Crippen LogP contribution < -0.4 is 10.6 Å². The van der Waals surface area contributed by atoms with Gasteiger partial charge < -0.3 is 10.6 Å². The number of hydrogen-bond acceptors (Lipinski definition) is 3. The molecule has 0 aliphatic heterocycles. The second-order valence-corrected chi connectivity index (χ2v) is 5.44. The molecule has 0 aliphatic rings. The smallest absolute Gasteiger partial charge is 0.0599 e. The van der Waals surface area contributed by atoms with Crippen molar-refractivity contribution in [3.8, 4) is 0 Å². The van der Waals surface area contributed by atoms with Crippen LogP contribution in [0.15, 0.2) is 30.3 Å². The van der Waals surface area contributed by atoms with Crippen LogP contribution in [0, 0.1) is 13.8 Å². The van der Waals surface area contributed by atoms with Gasteiger partial charge in [-0.05, 0) is 51.4 Å². The molecule has 4 nitrogen and oxygen atoms in total. The van der Waals surface area contributed by atoms with Gasteiger partial charge in [0.1, 0.15) is 0 Å². The van der Waals surface area contributed by atoms with Gasteiger partial charge in [-0.2, -0.15) is 5.10 Å². The first-order valence-electron chi connectivity index (χ1n) is 7.69. The molecule has 0 saturated heterocycles. The van der Waals surface area contributed by atoms with Crippen molar-refractivity contribution in [1.29, 1.82) is 0 Å². The normalized spacial score (nSPS) is 10.9. The van der Waals surface area contributed by atoms with Crippen molar-refractivity contribution < 1.29 is 0 Å². The summed E-state index contributed by atoms with van der Waals surface area (Å²) in [5, 5.41) is 4.54. The largest absolute Gasteiger partial charge is 0.365 e. The molecule has 1 aromatic carbocycles. The van der Waals surface area contributed by atoms with Gasteiger partial charge in [-0.25, -0.2) is 0 Å². The lowest BCUT2D eigenvalue weighted by atomic mass is 10.1. The average molecular weight is 286 g/mol. The van der Waals surface area contributed by atoms with Crippen molar-refractivity contribution >= 4 is 5.69 Å². The zero-order valence-corrected chi connectivity index (χ0v) is 13.3. The molecular weight excluding hydrogens is 260 g/mol. The van der Waals surface area contributed by atoms with Crippen molar-refractivity contribution in [3.63, 3.8) is 0 Å². The fourth-order valence-electron chi connectivity index (χ4n) is 2.68. The van der Waals surface area contributed by atoms with Crippen molar-refractivity contribution in [3.05, 3.63) is 47.3 Å². The molecule has 0 unspecified atom stereocenters. The quantitative estimate of drug-likeness (QED) is 0.851. The van der Waals surface area contributed by atoms with Gasteiger partial charge in [-0.3, -0.25) is 4.68 Å². The number of benzene rings is 1. The highest BCUT2D eigenvalue weighted by molar-refractivity contribution is 5.53. The third-order valence-corrected chi connectivity index (χ3v) is 3.73. The van der Waals surface area contributed by atoms with Gasteiger partial charge in [-0.1, -0.05) is 18.2 Å². The number of para-hydroxylation sites is 1. The zero-order valence-electron chi connectivity index (χ0n) is 13.3. The van der Waals surface area contributed by atoms with E-state index in [0.29, 0.717) is 6.54 Å². The SMILES string of the molecule is CCn1nc(C)cc1CN(CCCN)c1ccccc1C. The molecule has 4 heteroatoms. The Kier molecular flexibility index (Phi) is 5.39. The summed E-state index contributed by atoms with van der Waals surface area (Å²) in [6.07, 6.45) is 0.994. The fourth-order valence-corrected chi connectivity index (χ4v) is 2.68. The number of aryl methyl sites for hydroxylation is 3. The molecule has 0 fully saturated rings. The molecule has 0 spiro atoms. The lowest BCUT2D eigenvalue weighted by Gasteiger charge is -2.26. The molecule has 0 aliphatic carbocycles. The molecule has 0 amide bonds. The predicted octanol–water partition coefficient (Wildman–Crippen LogP) is 2.88. The minimum Gasteiger partial charge on any atom is -0.365 e. The van der Waals surface area contributed by atoms with Crippen LogP contribution in [0.4, 0.5) is 5.69 Å². The van der Waals surface area contributed by atoms with Crippen LogP contribution in [0.1, 0.15) is 30.3 Å². The van der Waals surface area contributed by atoms with E-state index in [1.165, 1.54) is 16.9 Å². The number of nitrogens with zero attached hydrogens (tertiary/aromatic N) is 3. The first-order valence-corrected chi connectivity index (χ1v) is 7.69. The second kappa shape index (κ2) is 7.27. The van der Waals surface area contributed by atoms with E-state index in [1.54, 1.807) is 0 Å². The summed E-state index contributed by atoms with van der Waals surface area (Å²) in [7, 11) is 0. The first kappa shape index (κ1) is 15.6. The maximum Gasteiger partial charge on any atom is 0.0599 e. The Labute approximate surface area is 127 Å². The van der Waals surface area contributed by atoms with Gasteiger partial charge in [-0.15, -0.1) is 0 Å². The summed E-state index contributed by atoms with van der Waals surface area (Å²) >= 11 is 0. The Morgan fingerprint density at radius 3 is 2.67 bits per heavy atom. The van der Waals surface area contributed by atoms with Gasteiger partial charge >= 0.3 is 0 Å². The summed E-state index contributed by atoms with van der Waals surface area (Å²) in [6.45, 7) is 9.81. The van der Waals surface area contributed by atoms with Crippen molar-refractivity contribution in [2.75, 3.05) is 18.0 Å². The van der Waals surface area contributed by atoms with Crippen molar-refractivity contribution in [1.82, 2.24) is 9.78 Å². The second-order valence-electron chi connectivity index (χ2n) is 5.44. The standard InChI is InChI=1S/C17H26N4/c1-4-21-16(12-15(3)19-21)13-20(11-7-10-18)17-9-6-5-8-14(17)2/h5-6,8-9,12H,4,7,10-11,13,18H2,1-3H3. The summed E-state index contributed by atoms with van der Waals surface area (Å²) in [5.74, 6) is 0. The molecule has 0 bridgehead atoms. The monoisotopic (exact) mass is 286 g/mol. The van der Waals surface area contributed by atoms with Crippen LogP contribution in [-0.4, -0.2) is 22.9 Å². The van der Waals surface area contributed by atoms with Crippen molar-refractivity contribution in [2.24, 2.45) is 5.73 Å². The zero-order chi connectivity index (χ0) is 15.2. The molecule has 2 rings (SSSR count). The van der Waals surface area contributed by atoms with E-state index in [9.17, 15) is 0 Å². The average Bonchev–Trinajstić information content (AvgIpc) is 2.84. The number of nitrogens with two attached hydrogens (primary N) is 1. The van der Waals surface area contributed by atoms with Gasteiger partial charge in [0, 0.05) is 18.8 Å². The van der Waals surface area contributed by atoms with Crippen LogP contribution in [-0.2, 0) is 13.1 Å². The molecule has 0 radical (unpaired) electrons. The van der Waals surface area contributed by atoms with E-state index in [1.807, 2.05) is 6.92 Å². The van der Waals surface area contributed by atoms with Crippen LogP contribution in [0.2, 0.25) is 0 Å². The summed E-state index contributed by atoms with van der Waals surface area (Å²) < 4.78 is 2.09. The van der Waals surface area contributed by atoms with Gasteiger partial charge in [0.2, 0.25) is 0 Å². The van der Waals surface area contributed by atoms with Crippen LogP contribution in [0.5, 0.6) is 0 Å². The lowest BCUT2D eigenvalue weighted by molar-refractivity contribution is 0.601. The lowest BCUT2D eigenvalue weighted by Crippen LogP contribution is -2.27. The van der Waals surface area contributed by atoms with Gasteiger partial charge in [0.05, 0.1) is 17.9 Å². The number of hydrogen-bond donors (Lipinski definition) is 1. The van der Waals surface area contributed by atoms with Crippen molar-refractivity contribution in [2.45, 2.75) is 40.3 Å². The molecule has 114 valence electrons. The van der Waals surface area contributed by atoms with E-state index in [2.05, 4.69) is 58.9 Å². The van der Waals surface area contributed by atoms with Gasteiger partial charge in [0.15, 0.2) is 0 Å². The third kappa shape index (κ3) is 3.85. The molecule has 2 aromatic rings. The Balaban J connectivity index is 2.26. The van der Waals surface area contributed by atoms with Gasteiger partial charge in [0.25, 0.3) is 0 Å². The summed E-state index contributed by atoms with van der Waals surface area (Å²) in [6, 6.07) is 10.7. The molecule has 0 atom stereocenters. The topological polar surface area (TPSA) is 47.1 Å². The number of rotatable bonds is 7. The number of anilines is 1. The Bertz CT molecular complexity index is 574. The summed E-state index contributed by atoms with van der Waals surface area (Å²) in [4.78, 5) is 2.41. The highest BCUT2D eigenvalue weighted by Gasteiger charge is 2.12. The molecule has 1 aromatic heterocycles. The molecule has 1 heterocycles. The summed E-state index contributed by atoms with van der Waals surface area (Å²) in [5.41, 5.74) is 10.6. The Morgan fingerprint density at radius 1 is 1.24 bits per heavy atom. The van der Waals surface area contributed by atoms with E-state index in [-0.39, 0.29) is 0 Å². The molecule has 21 heavy (non-hydrogen) atoms. The van der Waals surface area contributed by atoms with E-state index in [0.717, 1.165) is 31.7 Å². The Morgan fingerprint density at radius 2 is 2.00 bits per heavy atom.